The number of hydrogen-bond acceptors (Lipinski definition) is 4. The van der Waals surface area contributed by atoms with Crippen molar-refractivity contribution in [2.24, 2.45) is 0 Å². The third-order valence-electron chi connectivity index (χ3n) is 4.63. The third kappa shape index (κ3) is 3.87. The predicted octanol–water partition coefficient (Wildman–Crippen LogP) is 4.26. The maximum atomic E-state index is 13.2. The molecule has 28 heavy (non-hydrogen) atoms. The second kappa shape index (κ2) is 8.02. The molecule has 0 bridgehead atoms. The van der Waals surface area contributed by atoms with Gasteiger partial charge in [-0.05, 0) is 25.0 Å². The molecule has 0 unspecified atom stereocenters. The van der Waals surface area contributed by atoms with Gasteiger partial charge >= 0.3 is 0 Å². The number of rotatable bonds is 6. The van der Waals surface area contributed by atoms with Gasteiger partial charge in [0.2, 0.25) is 0 Å². The molecule has 142 valence electrons. The van der Waals surface area contributed by atoms with E-state index < -0.39 is 0 Å². The highest BCUT2D eigenvalue weighted by atomic mass is 32.2. The fraction of sp³-hybridized carbons (Fsp3) is 0.227. The Morgan fingerprint density at radius 3 is 2.46 bits per heavy atom. The zero-order valence-corrected chi connectivity index (χ0v) is 16.8. The molecule has 0 aliphatic carbocycles. The SMILES string of the molecule is CCn1cc2nc(SCc3ccc(C)cc3)n(Cc3ccccc3)c(=O)c2n1. The summed E-state index contributed by atoms with van der Waals surface area (Å²) < 4.78 is 3.50. The van der Waals surface area contributed by atoms with Crippen molar-refractivity contribution in [3.8, 4) is 0 Å². The third-order valence-corrected chi connectivity index (χ3v) is 5.68. The smallest absolute Gasteiger partial charge is 0.281 e. The summed E-state index contributed by atoms with van der Waals surface area (Å²) in [6, 6.07) is 18.4. The minimum atomic E-state index is -0.0903. The summed E-state index contributed by atoms with van der Waals surface area (Å²) in [5.41, 5.74) is 4.51. The van der Waals surface area contributed by atoms with Gasteiger partial charge in [0.1, 0.15) is 5.52 Å². The minimum Gasteiger partial charge on any atom is -0.281 e. The number of fused-ring (bicyclic) bond motifs is 1. The average Bonchev–Trinajstić information content (AvgIpc) is 3.14. The van der Waals surface area contributed by atoms with Crippen LogP contribution in [0.2, 0.25) is 0 Å². The molecular formula is C22H22N4OS. The first-order valence-corrected chi connectivity index (χ1v) is 10.3. The van der Waals surface area contributed by atoms with Gasteiger partial charge < -0.3 is 0 Å². The van der Waals surface area contributed by atoms with Gasteiger partial charge in [0, 0.05) is 12.3 Å². The summed E-state index contributed by atoms with van der Waals surface area (Å²) in [6.07, 6.45) is 1.85. The first-order chi connectivity index (χ1) is 13.6. The highest BCUT2D eigenvalue weighted by molar-refractivity contribution is 7.98. The molecule has 2 heterocycles. The Bertz CT molecular complexity index is 1150. The molecule has 0 radical (unpaired) electrons. The van der Waals surface area contributed by atoms with Crippen LogP contribution in [0.5, 0.6) is 0 Å². The van der Waals surface area contributed by atoms with E-state index in [0.717, 1.165) is 16.5 Å². The van der Waals surface area contributed by atoms with E-state index in [0.29, 0.717) is 24.1 Å². The van der Waals surface area contributed by atoms with Crippen molar-refractivity contribution in [1.82, 2.24) is 19.3 Å². The topological polar surface area (TPSA) is 52.7 Å². The second-order valence-corrected chi connectivity index (χ2v) is 7.71. The van der Waals surface area contributed by atoms with Gasteiger partial charge in [-0.3, -0.25) is 14.0 Å². The number of benzene rings is 2. The molecule has 4 aromatic rings. The molecular weight excluding hydrogens is 368 g/mol. The van der Waals surface area contributed by atoms with Gasteiger partial charge in [0.25, 0.3) is 5.56 Å². The number of hydrogen-bond donors (Lipinski definition) is 0. The van der Waals surface area contributed by atoms with Crippen molar-refractivity contribution < 1.29 is 0 Å². The summed E-state index contributed by atoms with van der Waals surface area (Å²) in [7, 11) is 0. The summed E-state index contributed by atoms with van der Waals surface area (Å²) in [5.74, 6) is 0.759. The maximum absolute atomic E-state index is 13.2. The molecule has 2 aromatic carbocycles. The molecule has 5 nitrogen and oxygen atoms in total. The molecule has 0 aliphatic rings. The van der Waals surface area contributed by atoms with Crippen LogP contribution in [0.15, 0.2) is 70.7 Å². The molecule has 0 amide bonds. The molecule has 0 aliphatic heterocycles. The van der Waals surface area contributed by atoms with Gasteiger partial charge in [0.05, 0.1) is 12.7 Å². The Hall–Kier alpha value is -2.86. The first-order valence-electron chi connectivity index (χ1n) is 9.34. The normalized spacial score (nSPS) is 11.2. The van der Waals surface area contributed by atoms with Crippen molar-refractivity contribution in [2.45, 2.75) is 37.8 Å². The average molecular weight is 391 g/mol. The van der Waals surface area contributed by atoms with Crippen LogP contribution in [0.4, 0.5) is 0 Å². The molecule has 2 aromatic heterocycles. The number of aryl methyl sites for hydroxylation is 2. The van der Waals surface area contributed by atoms with Crippen LogP contribution in [0.25, 0.3) is 11.0 Å². The lowest BCUT2D eigenvalue weighted by molar-refractivity contribution is 0.650. The second-order valence-electron chi connectivity index (χ2n) is 6.76. The Labute approximate surface area is 168 Å². The van der Waals surface area contributed by atoms with E-state index >= 15 is 0 Å². The van der Waals surface area contributed by atoms with Crippen LogP contribution in [0.3, 0.4) is 0 Å². The number of nitrogens with zero attached hydrogens (tertiary/aromatic N) is 4. The van der Waals surface area contributed by atoms with Gasteiger partial charge in [0.15, 0.2) is 10.7 Å². The van der Waals surface area contributed by atoms with Gasteiger partial charge in [-0.1, -0.05) is 71.9 Å². The summed E-state index contributed by atoms with van der Waals surface area (Å²) >= 11 is 1.59. The monoisotopic (exact) mass is 390 g/mol. The standard InChI is InChI=1S/C22H22N4OS/c1-3-25-14-19-20(24-25)21(27)26(13-17-7-5-4-6-8-17)22(23-19)28-15-18-11-9-16(2)10-12-18/h4-12,14H,3,13,15H2,1-2H3. The van der Waals surface area contributed by atoms with Crippen molar-refractivity contribution in [1.29, 1.82) is 0 Å². The molecule has 0 atom stereocenters. The molecule has 6 heteroatoms. The minimum absolute atomic E-state index is 0.0903. The van der Waals surface area contributed by atoms with Gasteiger partial charge in [-0.2, -0.15) is 5.10 Å². The molecule has 0 fully saturated rings. The molecule has 0 spiro atoms. The lowest BCUT2D eigenvalue weighted by Gasteiger charge is -2.12. The predicted molar refractivity (Wildman–Crippen MR) is 114 cm³/mol. The lowest BCUT2D eigenvalue weighted by Crippen LogP contribution is -2.24. The number of aromatic nitrogens is 4. The zero-order chi connectivity index (χ0) is 19.5. The van der Waals surface area contributed by atoms with E-state index in [1.165, 1.54) is 11.1 Å². The van der Waals surface area contributed by atoms with Crippen molar-refractivity contribution >= 4 is 22.8 Å². The largest absolute Gasteiger partial charge is 0.282 e. The highest BCUT2D eigenvalue weighted by Crippen LogP contribution is 2.23. The van der Waals surface area contributed by atoms with E-state index in [9.17, 15) is 4.79 Å². The fourth-order valence-corrected chi connectivity index (χ4v) is 3.99. The molecule has 0 N–H and O–H groups in total. The molecule has 0 saturated heterocycles. The molecule has 0 saturated carbocycles. The van der Waals surface area contributed by atoms with Crippen LogP contribution in [-0.2, 0) is 18.8 Å². The van der Waals surface area contributed by atoms with Crippen LogP contribution >= 0.6 is 11.8 Å². The quantitative estimate of drug-likeness (QED) is 0.365. The summed E-state index contributed by atoms with van der Waals surface area (Å²) in [6.45, 7) is 5.27. The van der Waals surface area contributed by atoms with E-state index in [2.05, 4.69) is 36.3 Å². The Morgan fingerprint density at radius 2 is 1.75 bits per heavy atom. The maximum Gasteiger partial charge on any atom is 0.282 e. The van der Waals surface area contributed by atoms with E-state index in [1.807, 2.05) is 43.5 Å². The van der Waals surface area contributed by atoms with E-state index in [-0.39, 0.29) is 5.56 Å². The fourth-order valence-electron chi connectivity index (χ4n) is 3.03. The van der Waals surface area contributed by atoms with Crippen molar-refractivity contribution in [2.75, 3.05) is 0 Å². The van der Waals surface area contributed by atoms with E-state index in [1.54, 1.807) is 21.0 Å². The summed E-state index contributed by atoms with van der Waals surface area (Å²) in [5, 5.41) is 5.13. The Morgan fingerprint density at radius 1 is 1.00 bits per heavy atom. The van der Waals surface area contributed by atoms with Crippen molar-refractivity contribution in [3.05, 3.63) is 87.8 Å². The van der Waals surface area contributed by atoms with Crippen LogP contribution in [0.1, 0.15) is 23.6 Å². The highest BCUT2D eigenvalue weighted by Gasteiger charge is 2.15. The van der Waals surface area contributed by atoms with Crippen LogP contribution < -0.4 is 5.56 Å². The van der Waals surface area contributed by atoms with Gasteiger partial charge in [-0.25, -0.2) is 4.98 Å². The number of thioether (sulfide) groups is 1. The van der Waals surface area contributed by atoms with Crippen LogP contribution in [-0.4, -0.2) is 19.3 Å². The van der Waals surface area contributed by atoms with Crippen molar-refractivity contribution in [3.63, 3.8) is 0 Å². The van der Waals surface area contributed by atoms with Crippen LogP contribution in [0, 0.1) is 6.92 Å². The van der Waals surface area contributed by atoms with E-state index in [4.69, 9.17) is 4.98 Å². The van der Waals surface area contributed by atoms with Gasteiger partial charge in [-0.15, -0.1) is 0 Å². The zero-order valence-electron chi connectivity index (χ0n) is 16.0. The first kappa shape index (κ1) is 18.5. The summed E-state index contributed by atoms with van der Waals surface area (Å²) in [4.78, 5) is 17.9. The molecule has 4 rings (SSSR count). The Kier molecular flexibility index (Phi) is 5.30. The lowest BCUT2D eigenvalue weighted by atomic mass is 10.2. The Balaban J connectivity index is 1.74.